The van der Waals surface area contributed by atoms with Crippen LogP contribution in [0.2, 0.25) is 0 Å². The zero-order chi connectivity index (χ0) is 34.0. The standard InChI is InChI=1S/C32H32N4O8S3/c1-32(2,3)44-31(39)33-15-6-16-46(40,41)23-12-9-20(10-13-23)30-35-19-22(45-30)18-34-28(37)21-11-14-27-25(17-21)36-29(38)24-7-4-5-8-26(24)47(27,42)43/h4-5,7-14,17,19H,6,15-16,18H2,1-3H3,(H,33,39)(H,34,37)(H,36,38). The lowest BCUT2D eigenvalue weighted by atomic mass is 10.1. The third kappa shape index (κ3) is 7.86. The Labute approximate surface area is 276 Å². The normalized spacial score (nSPS) is 13.8. The Morgan fingerprint density at radius 2 is 1.70 bits per heavy atom. The number of ether oxygens (including phenoxy) is 1. The molecular formula is C32H32N4O8S3. The number of carbonyl (C=O) groups is 3. The molecule has 4 aromatic rings. The number of hydrogen-bond donors (Lipinski definition) is 3. The van der Waals surface area contributed by atoms with Crippen molar-refractivity contribution >= 4 is 54.6 Å². The summed E-state index contributed by atoms with van der Waals surface area (Å²) in [7, 11) is -7.57. The van der Waals surface area contributed by atoms with Crippen molar-refractivity contribution in [1.82, 2.24) is 15.6 Å². The van der Waals surface area contributed by atoms with Crippen molar-refractivity contribution in [2.75, 3.05) is 17.6 Å². The van der Waals surface area contributed by atoms with E-state index in [1.165, 1.54) is 53.8 Å². The summed E-state index contributed by atoms with van der Waals surface area (Å²) in [4.78, 5) is 42.5. The maximum absolute atomic E-state index is 13.2. The number of thiazole rings is 1. The minimum Gasteiger partial charge on any atom is -0.444 e. The number of rotatable bonds is 9. The van der Waals surface area contributed by atoms with Gasteiger partial charge in [0, 0.05) is 28.7 Å². The Hall–Kier alpha value is -4.60. The van der Waals surface area contributed by atoms with Crippen LogP contribution in [0.5, 0.6) is 0 Å². The topological polar surface area (TPSA) is 178 Å². The molecule has 0 saturated carbocycles. The van der Waals surface area contributed by atoms with Crippen molar-refractivity contribution in [2.45, 2.75) is 54.0 Å². The number of alkyl carbamates (subject to hydrolysis) is 1. The van der Waals surface area contributed by atoms with E-state index < -0.39 is 43.2 Å². The predicted octanol–water partition coefficient (Wildman–Crippen LogP) is 4.83. The Morgan fingerprint density at radius 3 is 2.43 bits per heavy atom. The third-order valence-corrected chi connectivity index (χ3v) is 11.6. The molecule has 0 aliphatic carbocycles. The monoisotopic (exact) mass is 696 g/mol. The van der Waals surface area contributed by atoms with Gasteiger partial charge >= 0.3 is 6.09 Å². The molecule has 47 heavy (non-hydrogen) atoms. The lowest BCUT2D eigenvalue weighted by molar-refractivity contribution is 0.0527. The van der Waals surface area contributed by atoms with E-state index >= 15 is 0 Å². The number of aromatic nitrogens is 1. The van der Waals surface area contributed by atoms with Crippen molar-refractivity contribution in [3.63, 3.8) is 0 Å². The number of nitrogens with one attached hydrogen (secondary N) is 3. The summed E-state index contributed by atoms with van der Waals surface area (Å²) in [5.74, 6) is -1.22. The molecule has 0 bridgehead atoms. The summed E-state index contributed by atoms with van der Waals surface area (Å²) in [6.07, 6.45) is 1.22. The molecule has 1 aromatic heterocycles. The number of amides is 3. The number of nitrogens with zero attached hydrogens (tertiary/aromatic N) is 1. The average molecular weight is 697 g/mol. The second-order valence-electron chi connectivity index (χ2n) is 11.6. The zero-order valence-electron chi connectivity index (χ0n) is 25.7. The fraction of sp³-hybridized carbons (Fsp3) is 0.250. The Morgan fingerprint density at radius 1 is 0.979 bits per heavy atom. The second kappa shape index (κ2) is 13.3. The quantitative estimate of drug-likeness (QED) is 0.207. The van der Waals surface area contributed by atoms with E-state index in [0.717, 1.165) is 4.88 Å². The van der Waals surface area contributed by atoms with Crippen LogP contribution in [0.15, 0.2) is 87.6 Å². The summed E-state index contributed by atoms with van der Waals surface area (Å²) < 4.78 is 57.1. The molecule has 1 aliphatic heterocycles. The maximum atomic E-state index is 13.2. The smallest absolute Gasteiger partial charge is 0.407 e. The van der Waals surface area contributed by atoms with E-state index in [0.29, 0.717) is 10.6 Å². The van der Waals surface area contributed by atoms with E-state index in [-0.39, 0.29) is 56.8 Å². The van der Waals surface area contributed by atoms with Crippen molar-refractivity contribution in [3.05, 3.63) is 88.9 Å². The zero-order valence-corrected chi connectivity index (χ0v) is 28.1. The van der Waals surface area contributed by atoms with Crippen LogP contribution in [-0.2, 0) is 31.0 Å². The number of fused-ring (bicyclic) bond motifs is 2. The van der Waals surface area contributed by atoms with Crippen molar-refractivity contribution < 1.29 is 36.0 Å². The van der Waals surface area contributed by atoms with Crippen LogP contribution in [0.3, 0.4) is 0 Å². The SMILES string of the molecule is CC(C)(C)OC(=O)NCCCS(=O)(=O)c1ccc(-c2ncc(CNC(=O)c3ccc4c(c3)NC(=O)c3ccccc3S4(=O)=O)s2)cc1. The van der Waals surface area contributed by atoms with Gasteiger partial charge in [0.1, 0.15) is 10.6 Å². The molecule has 0 atom stereocenters. The molecule has 3 N–H and O–H groups in total. The van der Waals surface area contributed by atoms with Crippen LogP contribution in [0.4, 0.5) is 10.5 Å². The average Bonchev–Trinajstić information content (AvgIpc) is 3.47. The second-order valence-corrected chi connectivity index (χ2v) is 16.7. The largest absolute Gasteiger partial charge is 0.444 e. The van der Waals surface area contributed by atoms with Crippen molar-refractivity contribution in [2.24, 2.45) is 0 Å². The summed E-state index contributed by atoms with van der Waals surface area (Å²) in [5, 5.41) is 8.55. The van der Waals surface area contributed by atoms with Crippen LogP contribution in [0.25, 0.3) is 10.6 Å². The fourth-order valence-corrected chi connectivity index (χ4v) is 8.44. The minimum absolute atomic E-state index is 0.0156. The van der Waals surface area contributed by atoms with E-state index in [4.69, 9.17) is 4.74 Å². The predicted molar refractivity (Wildman–Crippen MR) is 176 cm³/mol. The van der Waals surface area contributed by atoms with Crippen LogP contribution in [0.1, 0.15) is 52.8 Å². The van der Waals surface area contributed by atoms with Gasteiger partial charge in [-0.1, -0.05) is 24.3 Å². The Bertz CT molecular complexity index is 2070. The molecule has 0 fully saturated rings. The highest BCUT2D eigenvalue weighted by molar-refractivity contribution is 7.92. The van der Waals surface area contributed by atoms with Gasteiger partial charge in [0.2, 0.25) is 9.84 Å². The molecule has 2 heterocycles. The lowest BCUT2D eigenvalue weighted by Crippen LogP contribution is -2.33. The molecule has 15 heteroatoms. The molecule has 3 aromatic carbocycles. The van der Waals surface area contributed by atoms with Crippen LogP contribution < -0.4 is 16.0 Å². The molecule has 0 spiro atoms. The van der Waals surface area contributed by atoms with E-state index in [2.05, 4.69) is 20.9 Å². The third-order valence-electron chi connectivity index (χ3n) is 6.90. The first kappa shape index (κ1) is 33.8. The number of carbonyl (C=O) groups excluding carboxylic acids is 3. The van der Waals surface area contributed by atoms with Crippen LogP contribution >= 0.6 is 11.3 Å². The number of benzene rings is 3. The van der Waals surface area contributed by atoms with Gasteiger partial charge in [0.15, 0.2) is 9.84 Å². The summed E-state index contributed by atoms with van der Waals surface area (Å²) in [6, 6.07) is 16.3. The molecule has 5 rings (SSSR count). The number of anilines is 1. The highest BCUT2D eigenvalue weighted by Crippen LogP contribution is 2.34. The van der Waals surface area contributed by atoms with Crippen molar-refractivity contribution in [3.8, 4) is 10.6 Å². The highest BCUT2D eigenvalue weighted by atomic mass is 32.2. The molecule has 3 amide bonds. The van der Waals surface area contributed by atoms with Gasteiger partial charge in [-0.05, 0) is 69.7 Å². The summed E-state index contributed by atoms with van der Waals surface area (Å²) in [5.41, 5.74) is 0.254. The molecule has 12 nitrogen and oxygen atoms in total. The molecule has 246 valence electrons. The summed E-state index contributed by atoms with van der Waals surface area (Å²) in [6.45, 7) is 5.51. The van der Waals surface area contributed by atoms with E-state index in [9.17, 15) is 31.2 Å². The van der Waals surface area contributed by atoms with Gasteiger partial charge in [-0.15, -0.1) is 11.3 Å². The molecule has 1 aliphatic rings. The van der Waals surface area contributed by atoms with E-state index in [1.54, 1.807) is 51.2 Å². The number of hydrogen-bond acceptors (Lipinski definition) is 10. The van der Waals surface area contributed by atoms with Crippen LogP contribution in [-0.4, -0.2) is 57.6 Å². The lowest BCUT2D eigenvalue weighted by Gasteiger charge is -2.19. The molecule has 0 radical (unpaired) electrons. The van der Waals surface area contributed by atoms with Gasteiger partial charge in [0.25, 0.3) is 11.8 Å². The fourth-order valence-electron chi connectivity index (χ4n) is 4.68. The van der Waals surface area contributed by atoms with Crippen LogP contribution in [0, 0.1) is 0 Å². The van der Waals surface area contributed by atoms with Gasteiger partial charge in [0.05, 0.1) is 38.2 Å². The Balaban J connectivity index is 1.18. The van der Waals surface area contributed by atoms with Gasteiger partial charge in [-0.2, -0.15) is 0 Å². The first-order chi connectivity index (χ1) is 22.1. The number of sulfone groups is 2. The Kier molecular flexibility index (Phi) is 9.52. The highest BCUT2D eigenvalue weighted by Gasteiger charge is 2.31. The maximum Gasteiger partial charge on any atom is 0.407 e. The first-order valence-electron chi connectivity index (χ1n) is 14.5. The minimum atomic E-state index is -3.99. The van der Waals surface area contributed by atoms with Crippen molar-refractivity contribution in [1.29, 1.82) is 0 Å². The molecule has 0 saturated heterocycles. The first-order valence-corrected chi connectivity index (χ1v) is 18.4. The van der Waals surface area contributed by atoms with Gasteiger partial charge in [-0.3, -0.25) is 9.59 Å². The van der Waals surface area contributed by atoms with Gasteiger partial charge < -0.3 is 20.7 Å². The summed E-state index contributed by atoms with van der Waals surface area (Å²) >= 11 is 1.31. The van der Waals surface area contributed by atoms with E-state index in [1.807, 2.05) is 0 Å². The van der Waals surface area contributed by atoms with Gasteiger partial charge in [-0.25, -0.2) is 26.6 Å². The molecular weight excluding hydrogens is 665 g/mol. The molecule has 0 unspecified atom stereocenters.